The molecule has 0 aliphatic heterocycles. The maximum atomic E-state index is 9.93. The van der Waals surface area contributed by atoms with Crippen molar-refractivity contribution in [1.29, 1.82) is 0 Å². The number of phenolic OH excluding ortho intramolecular Hbond substituents is 1. The van der Waals surface area contributed by atoms with E-state index in [4.69, 9.17) is 11.6 Å². The zero-order chi connectivity index (χ0) is 13.4. The number of aryl methyl sites for hydroxylation is 1. The number of aromatic nitrogens is 1. The van der Waals surface area contributed by atoms with Gasteiger partial charge in [0.25, 0.3) is 0 Å². The standard InChI is InChI=1S/C16H12ClNO/c1-10-2-3-12-8-11(4-6-15(12)18-10)14-9-13(17)5-7-16(14)19/h2-9,19H,1H3. The van der Waals surface area contributed by atoms with Crippen molar-refractivity contribution in [3.05, 3.63) is 59.2 Å². The number of phenols is 1. The number of hydrogen-bond acceptors (Lipinski definition) is 2. The monoisotopic (exact) mass is 269 g/mol. The highest BCUT2D eigenvalue weighted by Crippen LogP contribution is 2.33. The van der Waals surface area contributed by atoms with Gasteiger partial charge in [0.05, 0.1) is 5.52 Å². The summed E-state index contributed by atoms with van der Waals surface area (Å²) in [6.45, 7) is 1.97. The Bertz CT molecular complexity index is 768. The summed E-state index contributed by atoms with van der Waals surface area (Å²) in [4.78, 5) is 4.46. The second kappa shape index (κ2) is 4.56. The molecule has 0 aliphatic carbocycles. The highest BCUT2D eigenvalue weighted by molar-refractivity contribution is 6.31. The quantitative estimate of drug-likeness (QED) is 0.702. The first kappa shape index (κ1) is 12.0. The molecule has 0 amide bonds. The van der Waals surface area contributed by atoms with Crippen molar-refractivity contribution in [3.8, 4) is 16.9 Å². The van der Waals surface area contributed by atoms with Crippen molar-refractivity contribution < 1.29 is 5.11 Å². The number of aromatic hydroxyl groups is 1. The number of hydrogen-bond donors (Lipinski definition) is 1. The first-order valence-electron chi connectivity index (χ1n) is 6.00. The van der Waals surface area contributed by atoms with Crippen molar-refractivity contribution in [2.24, 2.45) is 0 Å². The molecule has 0 aliphatic rings. The number of benzene rings is 2. The molecule has 0 radical (unpaired) electrons. The molecule has 2 aromatic carbocycles. The van der Waals surface area contributed by atoms with E-state index in [1.807, 2.05) is 37.3 Å². The van der Waals surface area contributed by atoms with E-state index in [1.165, 1.54) is 0 Å². The lowest BCUT2D eigenvalue weighted by Crippen LogP contribution is -1.85. The van der Waals surface area contributed by atoms with Gasteiger partial charge in [-0.15, -0.1) is 0 Å². The summed E-state index contributed by atoms with van der Waals surface area (Å²) in [5, 5.41) is 11.6. The fourth-order valence-corrected chi connectivity index (χ4v) is 2.31. The minimum atomic E-state index is 0.226. The van der Waals surface area contributed by atoms with Crippen LogP contribution in [-0.4, -0.2) is 10.1 Å². The van der Waals surface area contributed by atoms with Crippen LogP contribution in [0.15, 0.2) is 48.5 Å². The van der Waals surface area contributed by atoms with E-state index in [0.29, 0.717) is 5.02 Å². The zero-order valence-electron chi connectivity index (χ0n) is 10.4. The van der Waals surface area contributed by atoms with Gasteiger partial charge < -0.3 is 5.11 Å². The largest absolute Gasteiger partial charge is 0.507 e. The molecular formula is C16H12ClNO. The van der Waals surface area contributed by atoms with E-state index in [2.05, 4.69) is 4.98 Å². The number of pyridine rings is 1. The van der Waals surface area contributed by atoms with Gasteiger partial charge in [-0.3, -0.25) is 4.98 Å². The first-order valence-corrected chi connectivity index (χ1v) is 6.37. The Morgan fingerprint density at radius 1 is 1.00 bits per heavy atom. The van der Waals surface area contributed by atoms with Crippen LogP contribution in [0.4, 0.5) is 0 Å². The summed E-state index contributed by atoms with van der Waals surface area (Å²) in [6, 6.07) is 15.0. The molecule has 0 atom stereocenters. The third-order valence-corrected chi connectivity index (χ3v) is 3.33. The van der Waals surface area contributed by atoms with Crippen molar-refractivity contribution in [3.63, 3.8) is 0 Å². The van der Waals surface area contributed by atoms with Crippen LogP contribution < -0.4 is 0 Å². The predicted octanol–water partition coefficient (Wildman–Crippen LogP) is 4.57. The van der Waals surface area contributed by atoms with E-state index in [-0.39, 0.29) is 5.75 Å². The van der Waals surface area contributed by atoms with Crippen LogP contribution in [0.3, 0.4) is 0 Å². The van der Waals surface area contributed by atoms with Gasteiger partial charge in [-0.25, -0.2) is 0 Å². The number of nitrogens with zero attached hydrogens (tertiary/aromatic N) is 1. The van der Waals surface area contributed by atoms with E-state index in [1.54, 1.807) is 18.2 Å². The van der Waals surface area contributed by atoms with Crippen molar-refractivity contribution in [1.82, 2.24) is 4.98 Å². The summed E-state index contributed by atoms with van der Waals surface area (Å²) in [7, 11) is 0. The summed E-state index contributed by atoms with van der Waals surface area (Å²) in [5.74, 6) is 0.226. The van der Waals surface area contributed by atoms with Crippen LogP contribution in [0.5, 0.6) is 5.75 Å². The summed E-state index contributed by atoms with van der Waals surface area (Å²) in [5.41, 5.74) is 3.60. The van der Waals surface area contributed by atoms with Crippen LogP contribution >= 0.6 is 11.6 Å². The van der Waals surface area contributed by atoms with Gasteiger partial charge in [0, 0.05) is 21.7 Å². The number of rotatable bonds is 1. The summed E-state index contributed by atoms with van der Waals surface area (Å²) >= 11 is 5.98. The first-order chi connectivity index (χ1) is 9.13. The lowest BCUT2D eigenvalue weighted by Gasteiger charge is -2.07. The Morgan fingerprint density at radius 2 is 1.84 bits per heavy atom. The van der Waals surface area contributed by atoms with Gasteiger partial charge in [0.2, 0.25) is 0 Å². The normalized spacial score (nSPS) is 10.8. The molecule has 3 aromatic rings. The van der Waals surface area contributed by atoms with Crippen molar-refractivity contribution >= 4 is 22.5 Å². The van der Waals surface area contributed by atoms with Gasteiger partial charge in [0.1, 0.15) is 5.75 Å². The van der Waals surface area contributed by atoms with Crippen LogP contribution in [0.2, 0.25) is 5.02 Å². The Morgan fingerprint density at radius 3 is 2.68 bits per heavy atom. The zero-order valence-corrected chi connectivity index (χ0v) is 11.1. The maximum absolute atomic E-state index is 9.93. The Kier molecular flexibility index (Phi) is 2.88. The summed E-state index contributed by atoms with van der Waals surface area (Å²) in [6.07, 6.45) is 0. The van der Waals surface area contributed by atoms with Gasteiger partial charge in [-0.1, -0.05) is 23.7 Å². The Balaban J connectivity index is 2.20. The van der Waals surface area contributed by atoms with Crippen LogP contribution in [0.1, 0.15) is 5.69 Å². The fraction of sp³-hybridized carbons (Fsp3) is 0.0625. The third-order valence-electron chi connectivity index (χ3n) is 3.10. The highest BCUT2D eigenvalue weighted by atomic mass is 35.5. The molecule has 1 N–H and O–H groups in total. The molecule has 1 aromatic heterocycles. The molecule has 3 rings (SSSR count). The van der Waals surface area contributed by atoms with Gasteiger partial charge in [-0.2, -0.15) is 0 Å². The minimum Gasteiger partial charge on any atom is -0.507 e. The molecule has 0 bridgehead atoms. The molecule has 0 unspecified atom stereocenters. The average Bonchev–Trinajstić information content (AvgIpc) is 2.41. The SMILES string of the molecule is Cc1ccc2cc(-c3cc(Cl)ccc3O)ccc2n1. The highest BCUT2D eigenvalue weighted by Gasteiger charge is 2.06. The van der Waals surface area contributed by atoms with Gasteiger partial charge >= 0.3 is 0 Å². The van der Waals surface area contributed by atoms with E-state index in [0.717, 1.165) is 27.7 Å². The second-order valence-electron chi connectivity index (χ2n) is 4.52. The molecule has 3 heteroatoms. The summed E-state index contributed by atoms with van der Waals surface area (Å²) < 4.78 is 0. The minimum absolute atomic E-state index is 0.226. The number of halogens is 1. The van der Waals surface area contributed by atoms with E-state index in [9.17, 15) is 5.11 Å². The molecule has 0 spiro atoms. The fourth-order valence-electron chi connectivity index (χ4n) is 2.13. The lowest BCUT2D eigenvalue weighted by molar-refractivity contribution is 0.477. The van der Waals surface area contributed by atoms with Crippen molar-refractivity contribution in [2.45, 2.75) is 6.92 Å². The van der Waals surface area contributed by atoms with E-state index < -0.39 is 0 Å². The van der Waals surface area contributed by atoms with Crippen LogP contribution in [0.25, 0.3) is 22.0 Å². The number of fused-ring (bicyclic) bond motifs is 1. The topological polar surface area (TPSA) is 33.1 Å². The van der Waals surface area contributed by atoms with E-state index >= 15 is 0 Å². The molecule has 19 heavy (non-hydrogen) atoms. The van der Waals surface area contributed by atoms with Crippen LogP contribution in [-0.2, 0) is 0 Å². The van der Waals surface area contributed by atoms with Crippen molar-refractivity contribution in [2.75, 3.05) is 0 Å². The maximum Gasteiger partial charge on any atom is 0.123 e. The molecule has 0 fully saturated rings. The Labute approximate surface area is 116 Å². The van der Waals surface area contributed by atoms with Gasteiger partial charge in [0.15, 0.2) is 0 Å². The molecule has 0 saturated carbocycles. The molecule has 1 heterocycles. The molecule has 0 saturated heterocycles. The molecule has 2 nitrogen and oxygen atoms in total. The van der Waals surface area contributed by atoms with Crippen LogP contribution in [0, 0.1) is 6.92 Å². The third kappa shape index (κ3) is 2.27. The lowest BCUT2D eigenvalue weighted by atomic mass is 10.0. The smallest absolute Gasteiger partial charge is 0.123 e. The predicted molar refractivity (Wildman–Crippen MR) is 78.6 cm³/mol. The Hall–Kier alpha value is -2.06. The molecular weight excluding hydrogens is 258 g/mol. The van der Waals surface area contributed by atoms with Gasteiger partial charge in [-0.05, 0) is 48.9 Å². The second-order valence-corrected chi connectivity index (χ2v) is 4.96. The molecule has 94 valence electrons. The average molecular weight is 270 g/mol.